The topological polar surface area (TPSA) is 19.4 Å². The fourth-order valence-corrected chi connectivity index (χ4v) is 2.20. The maximum atomic E-state index is 4.47. The summed E-state index contributed by atoms with van der Waals surface area (Å²) in [6.45, 7) is 7.82. The minimum atomic E-state index is 0.915. The molecule has 15 heavy (non-hydrogen) atoms. The fourth-order valence-electron chi connectivity index (χ4n) is 1.87. The molecule has 0 saturated carbocycles. The predicted molar refractivity (Wildman–Crippen MR) is 66.3 cm³/mol. The highest BCUT2D eigenvalue weighted by Gasteiger charge is 2.16. The van der Waals surface area contributed by atoms with Crippen molar-refractivity contribution < 1.29 is 0 Å². The fraction of sp³-hybridized carbons (Fsp3) is 0.545. The number of anilines is 1. The summed E-state index contributed by atoms with van der Waals surface area (Å²) in [5.74, 6) is 1.08. The van der Waals surface area contributed by atoms with Crippen LogP contribution in [0, 0.1) is 0 Å². The predicted octanol–water partition coefficient (Wildman–Crippen LogP) is 1.99. The van der Waals surface area contributed by atoms with Crippen LogP contribution in [0.2, 0.25) is 0 Å². The van der Waals surface area contributed by atoms with Crippen LogP contribution >= 0.6 is 15.9 Å². The zero-order valence-corrected chi connectivity index (χ0v) is 10.6. The van der Waals surface area contributed by atoms with Gasteiger partial charge in [-0.15, -0.1) is 0 Å². The number of halogens is 1. The lowest BCUT2D eigenvalue weighted by atomic mass is 10.3. The molecule has 1 aliphatic rings. The summed E-state index contributed by atoms with van der Waals surface area (Å²) in [7, 11) is 0. The molecule has 0 spiro atoms. The Morgan fingerprint density at radius 3 is 2.60 bits per heavy atom. The van der Waals surface area contributed by atoms with Gasteiger partial charge in [-0.25, -0.2) is 4.98 Å². The second-order valence-corrected chi connectivity index (χ2v) is 4.55. The molecule has 1 aromatic heterocycles. The van der Waals surface area contributed by atoms with E-state index in [9.17, 15) is 0 Å². The van der Waals surface area contributed by atoms with Crippen LogP contribution in [-0.2, 0) is 0 Å². The van der Waals surface area contributed by atoms with Gasteiger partial charge in [0.1, 0.15) is 10.4 Å². The maximum absolute atomic E-state index is 4.47. The van der Waals surface area contributed by atoms with E-state index in [0.717, 1.165) is 43.1 Å². The number of pyridine rings is 1. The third-order valence-corrected chi connectivity index (χ3v) is 3.29. The molecule has 0 atom stereocenters. The van der Waals surface area contributed by atoms with Crippen LogP contribution in [0.1, 0.15) is 6.92 Å². The van der Waals surface area contributed by atoms with Gasteiger partial charge in [0.05, 0.1) is 0 Å². The van der Waals surface area contributed by atoms with Crippen LogP contribution in [0.3, 0.4) is 0 Å². The minimum Gasteiger partial charge on any atom is -0.354 e. The molecule has 0 aromatic carbocycles. The van der Waals surface area contributed by atoms with E-state index in [-0.39, 0.29) is 0 Å². The van der Waals surface area contributed by atoms with E-state index in [1.54, 1.807) is 0 Å². The van der Waals surface area contributed by atoms with Gasteiger partial charge in [0.25, 0.3) is 0 Å². The SMILES string of the molecule is CCN1CCN(c2cccc(Br)n2)CC1. The van der Waals surface area contributed by atoms with Crippen LogP contribution < -0.4 is 4.90 Å². The lowest BCUT2D eigenvalue weighted by Gasteiger charge is -2.34. The van der Waals surface area contributed by atoms with Gasteiger partial charge in [-0.05, 0) is 34.6 Å². The van der Waals surface area contributed by atoms with Gasteiger partial charge in [-0.1, -0.05) is 13.0 Å². The lowest BCUT2D eigenvalue weighted by Crippen LogP contribution is -2.46. The Balaban J connectivity index is 2.01. The highest BCUT2D eigenvalue weighted by atomic mass is 79.9. The number of hydrogen-bond donors (Lipinski definition) is 0. The molecule has 2 rings (SSSR count). The molecular formula is C11H16BrN3. The standard InChI is InChI=1S/C11H16BrN3/c1-2-14-6-8-15(9-7-14)11-5-3-4-10(12)13-11/h3-5H,2,6-9H2,1H3. The summed E-state index contributed by atoms with van der Waals surface area (Å²) in [6, 6.07) is 6.08. The Hall–Kier alpha value is -0.610. The zero-order valence-electron chi connectivity index (χ0n) is 8.99. The van der Waals surface area contributed by atoms with Crippen molar-refractivity contribution in [1.82, 2.24) is 9.88 Å². The summed E-state index contributed by atoms with van der Waals surface area (Å²) >= 11 is 3.41. The molecule has 2 heterocycles. The molecule has 0 unspecified atom stereocenters. The van der Waals surface area contributed by atoms with Crippen molar-refractivity contribution in [3.63, 3.8) is 0 Å². The van der Waals surface area contributed by atoms with Gasteiger partial charge in [0.2, 0.25) is 0 Å². The molecule has 0 aliphatic carbocycles. The summed E-state index contributed by atoms with van der Waals surface area (Å²) in [4.78, 5) is 9.28. The summed E-state index contributed by atoms with van der Waals surface area (Å²) in [5.41, 5.74) is 0. The molecule has 0 radical (unpaired) electrons. The highest BCUT2D eigenvalue weighted by molar-refractivity contribution is 9.10. The van der Waals surface area contributed by atoms with E-state index >= 15 is 0 Å². The van der Waals surface area contributed by atoms with Crippen molar-refractivity contribution in [3.05, 3.63) is 22.8 Å². The Morgan fingerprint density at radius 2 is 2.00 bits per heavy atom. The van der Waals surface area contributed by atoms with Gasteiger partial charge >= 0.3 is 0 Å². The third kappa shape index (κ3) is 2.69. The summed E-state index contributed by atoms with van der Waals surface area (Å²) in [5, 5.41) is 0. The number of piperazine rings is 1. The highest BCUT2D eigenvalue weighted by Crippen LogP contribution is 2.16. The molecular weight excluding hydrogens is 254 g/mol. The maximum Gasteiger partial charge on any atom is 0.129 e. The average Bonchev–Trinajstić information content (AvgIpc) is 2.29. The molecule has 0 N–H and O–H groups in total. The van der Waals surface area contributed by atoms with E-state index in [4.69, 9.17) is 0 Å². The monoisotopic (exact) mass is 269 g/mol. The Labute approximate surface area is 99.2 Å². The van der Waals surface area contributed by atoms with Crippen molar-refractivity contribution in [3.8, 4) is 0 Å². The summed E-state index contributed by atoms with van der Waals surface area (Å²) < 4.78 is 0.915. The first kappa shape index (κ1) is 10.9. The third-order valence-electron chi connectivity index (χ3n) is 2.84. The minimum absolute atomic E-state index is 0.915. The van der Waals surface area contributed by atoms with E-state index in [2.05, 4.69) is 43.7 Å². The van der Waals surface area contributed by atoms with Crippen molar-refractivity contribution >= 4 is 21.7 Å². The first-order chi connectivity index (χ1) is 7.29. The molecule has 1 fully saturated rings. The Bertz CT molecular complexity index is 321. The van der Waals surface area contributed by atoms with Gasteiger partial charge in [0, 0.05) is 26.2 Å². The number of nitrogens with zero attached hydrogens (tertiary/aromatic N) is 3. The normalized spacial score (nSPS) is 18.1. The molecule has 0 bridgehead atoms. The van der Waals surface area contributed by atoms with Crippen molar-refractivity contribution in [2.24, 2.45) is 0 Å². The molecule has 1 saturated heterocycles. The lowest BCUT2D eigenvalue weighted by molar-refractivity contribution is 0.270. The van der Waals surface area contributed by atoms with Crippen LogP contribution in [-0.4, -0.2) is 42.6 Å². The number of hydrogen-bond acceptors (Lipinski definition) is 3. The second-order valence-electron chi connectivity index (χ2n) is 3.74. The zero-order chi connectivity index (χ0) is 10.7. The number of aromatic nitrogens is 1. The van der Waals surface area contributed by atoms with Gasteiger partial charge in [-0.2, -0.15) is 0 Å². The smallest absolute Gasteiger partial charge is 0.129 e. The number of rotatable bonds is 2. The van der Waals surface area contributed by atoms with Crippen LogP contribution in [0.5, 0.6) is 0 Å². The van der Waals surface area contributed by atoms with E-state index in [1.165, 1.54) is 0 Å². The van der Waals surface area contributed by atoms with Gasteiger partial charge in [0.15, 0.2) is 0 Å². The first-order valence-corrected chi connectivity index (χ1v) is 6.19. The van der Waals surface area contributed by atoms with Gasteiger partial charge < -0.3 is 9.80 Å². The molecule has 1 aliphatic heterocycles. The van der Waals surface area contributed by atoms with E-state index in [1.807, 2.05) is 12.1 Å². The molecule has 4 heteroatoms. The second kappa shape index (κ2) is 4.94. The van der Waals surface area contributed by atoms with E-state index < -0.39 is 0 Å². The first-order valence-electron chi connectivity index (χ1n) is 5.39. The Morgan fingerprint density at radius 1 is 1.27 bits per heavy atom. The summed E-state index contributed by atoms with van der Waals surface area (Å²) in [6.07, 6.45) is 0. The molecule has 0 amide bonds. The van der Waals surface area contributed by atoms with Gasteiger partial charge in [-0.3, -0.25) is 0 Å². The molecule has 82 valence electrons. The Kier molecular flexibility index (Phi) is 3.59. The van der Waals surface area contributed by atoms with Crippen LogP contribution in [0.15, 0.2) is 22.8 Å². The van der Waals surface area contributed by atoms with E-state index in [0.29, 0.717) is 0 Å². The van der Waals surface area contributed by atoms with Crippen LogP contribution in [0.25, 0.3) is 0 Å². The molecule has 1 aromatic rings. The number of likely N-dealkylation sites (N-methyl/N-ethyl adjacent to an activating group) is 1. The largest absolute Gasteiger partial charge is 0.354 e. The average molecular weight is 270 g/mol. The van der Waals surface area contributed by atoms with Crippen molar-refractivity contribution in [2.75, 3.05) is 37.6 Å². The molecule has 3 nitrogen and oxygen atoms in total. The van der Waals surface area contributed by atoms with Crippen LogP contribution in [0.4, 0.5) is 5.82 Å². The van der Waals surface area contributed by atoms with Crippen molar-refractivity contribution in [1.29, 1.82) is 0 Å². The van der Waals surface area contributed by atoms with Crippen molar-refractivity contribution in [2.45, 2.75) is 6.92 Å². The quantitative estimate of drug-likeness (QED) is 0.766.